The van der Waals surface area contributed by atoms with Crippen molar-refractivity contribution < 1.29 is 14.6 Å². The van der Waals surface area contributed by atoms with Gasteiger partial charge in [0, 0.05) is 24.0 Å². The van der Waals surface area contributed by atoms with E-state index in [1.54, 1.807) is 13.3 Å². The lowest BCUT2D eigenvalue weighted by molar-refractivity contribution is -0.143. The normalized spacial score (nSPS) is 32.3. The average Bonchev–Trinajstić information content (AvgIpc) is 2.99. The smallest absolute Gasteiger partial charge is 0.308 e. The molecule has 2 saturated carbocycles. The summed E-state index contributed by atoms with van der Waals surface area (Å²) < 4.78 is 5.09. The van der Waals surface area contributed by atoms with Crippen LogP contribution in [-0.2, 0) is 4.79 Å². The Morgan fingerprint density at radius 2 is 2.26 bits per heavy atom. The molecule has 3 rings (SSSR count). The van der Waals surface area contributed by atoms with Gasteiger partial charge >= 0.3 is 5.97 Å². The van der Waals surface area contributed by atoms with Gasteiger partial charge in [-0.1, -0.05) is 0 Å². The van der Waals surface area contributed by atoms with Crippen molar-refractivity contribution in [2.24, 2.45) is 17.8 Å². The van der Waals surface area contributed by atoms with E-state index < -0.39 is 5.97 Å². The zero-order valence-corrected chi connectivity index (χ0v) is 10.9. The van der Waals surface area contributed by atoms with E-state index in [0.717, 1.165) is 24.9 Å². The molecule has 1 aromatic rings. The summed E-state index contributed by atoms with van der Waals surface area (Å²) in [5.74, 6) is 0.414. The van der Waals surface area contributed by atoms with Gasteiger partial charge in [0.05, 0.1) is 13.0 Å². The first kappa shape index (κ1) is 12.3. The fourth-order valence-electron chi connectivity index (χ4n) is 3.66. The van der Waals surface area contributed by atoms with Gasteiger partial charge in [-0.3, -0.25) is 4.79 Å². The first-order valence-corrected chi connectivity index (χ1v) is 6.68. The van der Waals surface area contributed by atoms with E-state index in [4.69, 9.17) is 4.74 Å². The second-order valence-electron chi connectivity index (χ2n) is 5.45. The molecule has 2 fully saturated rings. The van der Waals surface area contributed by atoms with Crippen LogP contribution in [0.3, 0.4) is 0 Å². The van der Waals surface area contributed by atoms with E-state index in [9.17, 15) is 9.90 Å². The molecule has 0 radical (unpaired) electrons. The number of pyridine rings is 1. The molecule has 0 saturated heterocycles. The molecule has 0 amide bonds. The van der Waals surface area contributed by atoms with E-state index in [2.05, 4.69) is 10.3 Å². The Morgan fingerprint density at radius 1 is 1.47 bits per heavy atom. The lowest BCUT2D eigenvalue weighted by Gasteiger charge is -2.29. The van der Waals surface area contributed by atoms with Crippen molar-refractivity contribution in [2.45, 2.75) is 25.3 Å². The van der Waals surface area contributed by atoms with Crippen molar-refractivity contribution in [3.63, 3.8) is 0 Å². The van der Waals surface area contributed by atoms with Crippen molar-refractivity contribution in [1.29, 1.82) is 0 Å². The number of rotatable bonds is 4. The highest BCUT2D eigenvalue weighted by atomic mass is 16.5. The Kier molecular flexibility index (Phi) is 3.05. The van der Waals surface area contributed by atoms with Crippen LogP contribution in [0.2, 0.25) is 0 Å². The Labute approximate surface area is 112 Å². The molecule has 2 N–H and O–H groups in total. The molecule has 5 nitrogen and oxygen atoms in total. The van der Waals surface area contributed by atoms with Gasteiger partial charge in [-0.25, -0.2) is 4.98 Å². The third kappa shape index (κ3) is 2.13. The summed E-state index contributed by atoms with van der Waals surface area (Å²) in [4.78, 5) is 15.5. The highest BCUT2D eigenvalue weighted by Gasteiger charge is 2.51. The standard InChI is InChI=1S/C14H18N2O3/c1-19-11-7-10(4-5-15-11)16-13-9-3-2-8(6-9)12(13)14(17)18/h4-5,7-9,12-13H,2-3,6H2,1H3,(H,15,16)(H,17,18). The Bertz CT molecular complexity index is 491. The van der Waals surface area contributed by atoms with Gasteiger partial charge in [-0.2, -0.15) is 0 Å². The number of fused-ring (bicyclic) bond motifs is 2. The van der Waals surface area contributed by atoms with Crippen LogP contribution in [0.5, 0.6) is 5.88 Å². The third-order valence-electron chi connectivity index (χ3n) is 4.48. The average molecular weight is 262 g/mol. The SMILES string of the molecule is COc1cc(NC2C3CCC(C3)C2C(=O)O)ccn1. The molecule has 2 aliphatic carbocycles. The Morgan fingerprint density at radius 3 is 3.00 bits per heavy atom. The zero-order valence-electron chi connectivity index (χ0n) is 10.9. The molecule has 2 bridgehead atoms. The van der Waals surface area contributed by atoms with E-state index >= 15 is 0 Å². The summed E-state index contributed by atoms with van der Waals surface area (Å²) in [5, 5.41) is 12.8. The number of ether oxygens (including phenoxy) is 1. The van der Waals surface area contributed by atoms with Gasteiger partial charge in [-0.05, 0) is 37.2 Å². The number of carboxylic acids is 1. The van der Waals surface area contributed by atoms with E-state index in [-0.39, 0.29) is 12.0 Å². The monoisotopic (exact) mass is 262 g/mol. The fourth-order valence-corrected chi connectivity index (χ4v) is 3.66. The maximum atomic E-state index is 11.4. The Hall–Kier alpha value is -1.78. The molecule has 102 valence electrons. The topological polar surface area (TPSA) is 71.5 Å². The van der Waals surface area contributed by atoms with Crippen LogP contribution in [0.25, 0.3) is 0 Å². The molecule has 2 aliphatic rings. The van der Waals surface area contributed by atoms with Gasteiger partial charge in [0.1, 0.15) is 0 Å². The number of aromatic nitrogens is 1. The maximum absolute atomic E-state index is 11.4. The number of aliphatic carboxylic acids is 1. The summed E-state index contributed by atoms with van der Waals surface area (Å²) in [6.07, 6.45) is 4.90. The summed E-state index contributed by atoms with van der Waals surface area (Å²) in [7, 11) is 1.57. The molecule has 1 heterocycles. The molecule has 0 spiro atoms. The van der Waals surface area contributed by atoms with Gasteiger partial charge in [0.2, 0.25) is 5.88 Å². The van der Waals surface area contributed by atoms with E-state index in [1.165, 1.54) is 0 Å². The number of methoxy groups -OCH3 is 1. The molecule has 0 aliphatic heterocycles. The van der Waals surface area contributed by atoms with Gasteiger partial charge in [0.25, 0.3) is 0 Å². The molecule has 19 heavy (non-hydrogen) atoms. The highest BCUT2D eigenvalue weighted by Crippen LogP contribution is 2.49. The van der Waals surface area contributed by atoms with E-state index in [0.29, 0.717) is 17.7 Å². The van der Waals surface area contributed by atoms with Crippen LogP contribution in [-0.4, -0.2) is 29.2 Å². The number of carboxylic acid groups (broad SMARTS) is 1. The summed E-state index contributed by atoms with van der Waals surface area (Å²) in [6.45, 7) is 0. The predicted octanol–water partition coefficient (Wildman–Crippen LogP) is 2.00. The van der Waals surface area contributed by atoms with Crippen molar-refractivity contribution in [3.8, 4) is 5.88 Å². The van der Waals surface area contributed by atoms with Crippen LogP contribution in [0, 0.1) is 17.8 Å². The largest absolute Gasteiger partial charge is 0.481 e. The van der Waals surface area contributed by atoms with Crippen molar-refractivity contribution in [3.05, 3.63) is 18.3 Å². The van der Waals surface area contributed by atoms with Crippen LogP contribution in [0.15, 0.2) is 18.3 Å². The third-order valence-corrected chi connectivity index (χ3v) is 4.48. The van der Waals surface area contributed by atoms with E-state index in [1.807, 2.05) is 12.1 Å². The molecule has 4 atom stereocenters. The van der Waals surface area contributed by atoms with Crippen molar-refractivity contribution >= 4 is 11.7 Å². The first-order chi connectivity index (χ1) is 9.19. The minimum atomic E-state index is -0.675. The van der Waals surface area contributed by atoms with Gasteiger partial charge in [0.15, 0.2) is 0 Å². The van der Waals surface area contributed by atoms with Crippen LogP contribution < -0.4 is 10.1 Å². The molecule has 0 aromatic carbocycles. The maximum Gasteiger partial charge on any atom is 0.308 e. The summed E-state index contributed by atoms with van der Waals surface area (Å²) in [5.41, 5.74) is 0.885. The van der Waals surface area contributed by atoms with Crippen LogP contribution in [0.1, 0.15) is 19.3 Å². The van der Waals surface area contributed by atoms with Crippen LogP contribution >= 0.6 is 0 Å². The summed E-state index contributed by atoms with van der Waals surface area (Å²) >= 11 is 0. The number of hydrogen-bond donors (Lipinski definition) is 2. The highest BCUT2D eigenvalue weighted by molar-refractivity contribution is 5.73. The van der Waals surface area contributed by atoms with Crippen molar-refractivity contribution in [2.75, 3.05) is 12.4 Å². The lowest BCUT2D eigenvalue weighted by Crippen LogP contribution is -2.39. The number of hydrogen-bond acceptors (Lipinski definition) is 4. The molecular weight excluding hydrogens is 244 g/mol. The predicted molar refractivity (Wildman–Crippen MR) is 70.2 cm³/mol. The molecular formula is C14H18N2O3. The number of nitrogens with zero attached hydrogens (tertiary/aromatic N) is 1. The molecule has 5 heteroatoms. The zero-order chi connectivity index (χ0) is 13.4. The number of nitrogens with one attached hydrogen (secondary N) is 1. The Balaban J connectivity index is 1.79. The number of anilines is 1. The second kappa shape index (κ2) is 4.72. The quantitative estimate of drug-likeness (QED) is 0.868. The fraction of sp³-hybridized carbons (Fsp3) is 0.571. The summed E-state index contributed by atoms with van der Waals surface area (Å²) in [6, 6.07) is 3.70. The van der Waals surface area contributed by atoms with Gasteiger partial charge < -0.3 is 15.2 Å². The minimum Gasteiger partial charge on any atom is -0.481 e. The van der Waals surface area contributed by atoms with Gasteiger partial charge in [-0.15, -0.1) is 0 Å². The number of carbonyl (C=O) groups is 1. The minimum absolute atomic E-state index is 0.0309. The molecule has 4 unspecified atom stereocenters. The molecule has 1 aromatic heterocycles. The second-order valence-corrected chi connectivity index (χ2v) is 5.45. The van der Waals surface area contributed by atoms with Crippen LogP contribution in [0.4, 0.5) is 5.69 Å². The lowest BCUT2D eigenvalue weighted by atomic mass is 9.84. The van der Waals surface area contributed by atoms with Crippen molar-refractivity contribution in [1.82, 2.24) is 4.98 Å². The first-order valence-electron chi connectivity index (χ1n) is 6.68.